The van der Waals surface area contributed by atoms with Gasteiger partial charge in [-0.1, -0.05) is 31.5 Å². The Morgan fingerprint density at radius 1 is 1.33 bits per heavy atom. The van der Waals surface area contributed by atoms with Crippen molar-refractivity contribution in [1.82, 2.24) is 0 Å². The first-order valence-corrected chi connectivity index (χ1v) is 7.16. The van der Waals surface area contributed by atoms with Crippen LogP contribution in [0, 0.1) is 11.3 Å². The molecule has 0 amide bonds. The molecule has 0 spiro atoms. The smallest absolute Gasteiger partial charge is 0.119 e. The molecule has 1 aromatic carbocycles. The summed E-state index contributed by atoms with van der Waals surface area (Å²) in [6.45, 7) is 3.89. The van der Waals surface area contributed by atoms with E-state index >= 15 is 0 Å². The van der Waals surface area contributed by atoms with Crippen LogP contribution in [0.15, 0.2) is 30.3 Å². The molecular formula is C16H25NO. The van der Waals surface area contributed by atoms with E-state index in [1.54, 1.807) is 0 Å². The van der Waals surface area contributed by atoms with Crippen molar-refractivity contribution in [2.24, 2.45) is 17.1 Å². The molecule has 1 aromatic rings. The van der Waals surface area contributed by atoms with E-state index in [2.05, 4.69) is 6.92 Å². The molecule has 2 unspecified atom stereocenters. The lowest BCUT2D eigenvalue weighted by Gasteiger charge is -2.27. The van der Waals surface area contributed by atoms with Gasteiger partial charge in [0.2, 0.25) is 0 Å². The van der Waals surface area contributed by atoms with Gasteiger partial charge in [0.05, 0.1) is 6.61 Å². The highest BCUT2D eigenvalue weighted by molar-refractivity contribution is 5.20. The molecule has 1 aliphatic rings. The standard InChI is InChI=1S/C16H25NO/c1-2-14-8-9-16(12-14,13-17)10-11-18-15-6-4-3-5-7-15/h3-7,14H,2,8-13,17H2,1H3. The Balaban J connectivity index is 1.81. The maximum absolute atomic E-state index is 6.01. The minimum absolute atomic E-state index is 0.343. The van der Waals surface area contributed by atoms with Crippen molar-refractivity contribution >= 4 is 0 Å². The van der Waals surface area contributed by atoms with Crippen LogP contribution >= 0.6 is 0 Å². The van der Waals surface area contributed by atoms with E-state index in [1.807, 2.05) is 30.3 Å². The van der Waals surface area contributed by atoms with E-state index in [0.29, 0.717) is 5.41 Å². The number of hydrogen-bond donors (Lipinski definition) is 1. The molecule has 1 fully saturated rings. The lowest BCUT2D eigenvalue weighted by Crippen LogP contribution is -2.29. The summed E-state index contributed by atoms with van der Waals surface area (Å²) in [4.78, 5) is 0. The molecule has 100 valence electrons. The fourth-order valence-corrected chi connectivity index (χ4v) is 3.09. The van der Waals surface area contributed by atoms with Gasteiger partial charge in [0.25, 0.3) is 0 Å². The number of ether oxygens (including phenoxy) is 1. The number of rotatable bonds is 6. The van der Waals surface area contributed by atoms with Gasteiger partial charge >= 0.3 is 0 Å². The summed E-state index contributed by atoms with van der Waals surface area (Å²) >= 11 is 0. The molecule has 1 aliphatic carbocycles. The molecule has 0 saturated heterocycles. The van der Waals surface area contributed by atoms with E-state index in [-0.39, 0.29) is 0 Å². The zero-order valence-corrected chi connectivity index (χ0v) is 11.4. The van der Waals surface area contributed by atoms with Gasteiger partial charge in [-0.2, -0.15) is 0 Å². The van der Waals surface area contributed by atoms with Crippen LogP contribution in [-0.2, 0) is 0 Å². The zero-order valence-electron chi connectivity index (χ0n) is 11.4. The van der Waals surface area contributed by atoms with Crippen molar-refractivity contribution in [3.05, 3.63) is 30.3 Å². The molecule has 0 heterocycles. The quantitative estimate of drug-likeness (QED) is 0.833. The van der Waals surface area contributed by atoms with Gasteiger partial charge in [-0.25, -0.2) is 0 Å². The molecule has 18 heavy (non-hydrogen) atoms. The highest BCUT2D eigenvalue weighted by atomic mass is 16.5. The van der Waals surface area contributed by atoms with Crippen LogP contribution in [0.25, 0.3) is 0 Å². The molecule has 1 saturated carbocycles. The lowest BCUT2D eigenvalue weighted by molar-refractivity contribution is 0.198. The Hall–Kier alpha value is -1.02. The van der Waals surface area contributed by atoms with Gasteiger partial charge in [-0.15, -0.1) is 0 Å². The van der Waals surface area contributed by atoms with Crippen LogP contribution in [-0.4, -0.2) is 13.2 Å². The second kappa shape index (κ2) is 6.24. The number of hydrogen-bond acceptors (Lipinski definition) is 2. The predicted octanol–water partition coefficient (Wildman–Crippen LogP) is 3.61. The van der Waals surface area contributed by atoms with Crippen molar-refractivity contribution in [2.75, 3.05) is 13.2 Å². The van der Waals surface area contributed by atoms with E-state index in [1.165, 1.54) is 25.7 Å². The van der Waals surface area contributed by atoms with Crippen molar-refractivity contribution in [1.29, 1.82) is 0 Å². The summed E-state index contributed by atoms with van der Waals surface area (Å²) in [6.07, 6.45) is 6.30. The molecule has 2 N–H and O–H groups in total. The molecule has 2 heteroatoms. The van der Waals surface area contributed by atoms with Gasteiger partial charge in [-0.05, 0) is 55.7 Å². The SMILES string of the molecule is CCC1CCC(CN)(CCOc2ccccc2)C1. The first kappa shape index (κ1) is 13.4. The molecule has 0 aliphatic heterocycles. The van der Waals surface area contributed by atoms with Gasteiger partial charge in [-0.3, -0.25) is 0 Å². The first-order valence-electron chi connectivity index (χ1n) is 7.16. The summed E-state index contributed by atoms with van der Waals surface area (Å²) in [5.41, 5.74) is 6.35. The van der Waals surface area contributed by atoms with Crippen LogP contribution in [0.4, 0.5) is 0 Å². The topological polar surface area (TPSA) is 35.2 Å². The third kappa shape index (κ3) is 3.26. The fraction of sp³-hybridized carbons (Fsp3) is 0.625. The van der Waals surface area contributed by atoms with Crippen LogP contribution in [0.3, 0.4) is 0 Å². The summed E-state index contributed by atoms with van der Waals surface area (Å²) in [5.74, 6) is 1.85. The van der Waals surface area contributed by atoms with Gasteiger partial charge in [0.1, 0.15) is 5.75 Å². The number of nitrogens with two attached hydrogens (primary N) is 1. The maximum Gasteiger partial charge on any atom is 0.119 e. The average molecular weight is 247 g/mol. The highest BCUT2D eigenvalue weighted by Gasteiger charge is 2.36. The van der Waals surface area contributed by atoms with E-state index in [4.69, 9.17) is 10.5 Å². The third-order valence-electron chi connectivity index (χ3n) is 4.46. The van der Waals surface area contributed by atoms with E-state index in [0.717, 1.165) is 31.2 Å². The molecule has 2 rings (SSSR count). The molecule has 0 bridgehead atoms. The monoisotopic (exact) mass is 247 g/mol. The second-order valence-corrected chi connectivity index (χ2v) is 5.63. The predicted molar refractivity (Wildman–Crippen MR) is 75.7 cm³/mol. The number of para-hydroxylation sites is 1. The normalized spacial score (nSPS) is 27.3. The van der Waals surface area contributed by atoms with Crippen LogP contribution in [0.2, 0.25) is 0 Å². The number of benzene rings is 1. The highest BCUT2D eigenvalue weighted by Crippen LogP contribution is 2.44. The van der Waals surface area contributed by atoms with Crippen molar-refractivity contribution in [3.8, 4) is 5.75 Å². The summed E-state index contributed by atoms with van der Waals surface area (Å²) < 4.78 is 5.81. The molecule has 2 atom stereocenters. The zero-order chi connectivity index (χ0) is 12.8. The minimum Gasteiger partial charge on any atom is -0.494 e. The van der Waals surface area contributed by atoms with Gasteiger partial charge < -0.3 is 10.5 Å². The van der Waals surface area contributed by atoms with Crippen molar-refractivity contribution in [3.63, 3.8) is 0 Å². The van der Waals surface area contributed by atoms with E-state index in [9.17, 15) is 0 Å². The van der Waals surface area contributed by atoms with E-state index < -0.39 is 0 Å². The van der Waals surface area contributed by atoms with Crippen LogP contribution in [0.1, 0.15) is 39.0 Å². The molecular weight excluding hydrogens is 222 g/mol. The maximum atomic E-state index is 6.01. The Kier molecular flexibility index (Phi) is 4.65. The summed E-state index contributed by atoms with van der Waals surface area (Å²) in [7, 11) is 0. The lowest BCUT2D eigenvalue weighted by atomic mass is 9.82. The Bertz CT molecular complexity index is 351. The first-order chi connectivity index (χ1) is 8.78. The Labute approximate surface area is 111 Å². The minimum atomic E-state index is 0.343. The fourth-order valence-electron chi connectivity index (χ4n) is 3.09. The van der Waals surface area contributed by atoms with Crippen LogP contribution < -0.4 is 10.5 Å². The van der Waals surface area contributed by atoms with Crippen LogP contribution in [0.5, 0.6) is 5.75 Å². The average Bonchev–Trinajstić information content (AvgIpc) is 2.84. The Morgan fingerprint density at radius 3 is 2.72 bits per heavy atom. The van der Waals surface area contributed by atoms with Gasteiger partial charge in [0, 0.05) is 0 Å². The molecule has 2 nitrogen and oxygen atoms in total. The second-order valence-electron chi connectivity index (χ2n) is 5.63. The van der Waals surface area contributed by atoms with Crippen molar-refractivity contribution in [2.45, 2.75) is 39.0 Å². The summed E-state index contributed by atoms with van der Waals surface area (Å²) in [5, 5.41) is 0. The third-order valence-corrected chi connectivity index (χ3v) is 4.46. The molecule has 0 radical (unpaired) electrons. The van der Waals surface area contributed by atoms with Crippen molar-refractivity contribution < 1.29 is 4.74 Å². The summed E-state index contributed by atoms with van der Waals surface area (Å²) in [6, 6.07) is 10.1. The molecule has 0 aromatic heterocycles. The van der Waals surface area contributed by atoms with Gasteiger partial charge in [0.15, 0.2) is 0 Å². The Morgan fingerprint density at radius 2 is 2.11 bits per heavy atom. The largest absolute Gasteiger partial charge is 0.494 e.